The highest BCUT2D eigenvalue weighted by atomic mass is 32.2. The fourth-order valence-corrected chi connectivity index (χ4v) is 3.20. The van der Waals surface area contributed by atoms with Gasteiger partial charge in [-0.3, -0.25) is 4.79 Å². The van der Waals surface area contributed by atoms with Crippen LogP contribution in [0, 0.1) is 0 Å². The first-order chi connectivity index (χ1) is 12.9. The molecule has 2 N–H and O–H groups in total. The third-order valence-electron chi connectivity index (χ3n) is 3.85. The molecule has 144 valence electrons. The molecule has 0 spiro atoms. The molecular formula is C20H24N2O4S. The number of ether oxygens (including phenoxy) is 1. The van der Waals surface area contributed by atoms with E-state index in [1.807, 2.05) is 13.8 Å². The van der Waals surface area contributed by atoms with Gasteiger partial charge < -0.3 is 10.1 Å². The van der Waals surface area contributed by atoms with Crippen molar-refractivity contribution in [2.75, 3.05) is 11.9 Å². The molecule has 0 heterocycles. The molecule has 2 aromatic rings. The second-order valence-corrected chi connectivity index (χ2v) is 7.75. The van der Waals surface area contributed by atoms with E-state index in [2.05, 4.69) is 16.6 Å². The van der Waals surface area contributed by atoms with Crippen molar-refractivity contribution in [1.29, 1.82) is 0 Å². The number of carbonyl (C=O) groups is 1. The number of hydrogen-bond donors (Lipinski definition) is 2. The molecule has 0 aliphatic carbocycles. The van der Waals surface area contributed by atoms with Crippen molar-refractivity contribution in [2.45, 2.75) is 31.3 Å². The van der Waals surface area contributed by atoms with E-state index < -0.39 is 10.0 Å². The molecule has 0 radical (unpaired) electrons. The number of hydrogen-bond acceptors (Lipinski definition) is 4. The maximum atomic E-state index is 12.4. The first-order valence-corrected chi connectivity index (χ1v) is 10.1. The first-order valence-electron chi connectivity index (χ1n) is 8.64. The Morgan fingerprint density at radius 3 is 2.56 bits per heavy atom. The summed E-state index contributed by atoms with van der Waals surface area (Å²) >= 11 is 0. The molecule has 0 saturated carbocycles. The van der Waals surface area contributed by atoms with Crippen LogP contribution in [0.3, 0.4) is 0 Å². The average molecular weight is 388 g/mol. The second-order valence-electron chi connectivity index (χ2n) is 5.98. The number of amides is 1. The summed E-state index contributed by atoms with van der Waals surface area (Å²) in [7, 11) is -3.59. The molecule has 2 rings (SSSR count). The normalized spacial score (nSPS) is 12.2. The predicted octanol–water partition coefficient (Wildman–Crippen LogP) is 3.58. The molecule has 0 fully saturated rings. The standard InChI is InChI=1S/C20H24N2O4S/c1-4-13-21-27(24,25)19-11-9-17(10-12-19)22-20(23)16-7-6-8-18(14-16)26-15(3)5-2/h4,6-12,14-15,21H,1,5,13H2,2-3H3,(H,22,23). The Morgan fingerprint density at radius 2 is 1.93 bits per heavy atom. The van der Waals surface area contributed by atoms with Crippen molar-refractivity contribution in [3.8, 4) is 5.75 Å². The van der Waals surface area contributed by atoms with Gasteiger partial charge in [0.25, 0.3) is 5.91 Å². The fourth-order valence-electron chi connectivity index (χ4n) is 2.20. The predicted molar refractivity (Wildman–Crippen MR) is 107 cm³/mol. The number of carbonyl (C=O) groups excluding carboxylic acids is 1. The molecule has 1 amide bonds. The van der Waals surface area contributed by atoms with Crippen LogP contribution in [0.15, 0.2) is 66.1 Å². The van der Waals surface area contributed by atoms with E-state index in [1.54, 1.807) is 36.4 Å². The maximum absolute atomic E-state index is 12.4. The molecule has 0 aromatic heterocycles. The van der Waals surface area contributed by atoms with Gasteiger partial charge in [-0.1, -0.05) is 19.1 Å². The van der Waals surface area contributed by atoms with Crippen LogP contribution in [-0.2, 0) is 10.0 Å². The van der Waals surface area contributed by atoms with Gasteiger partial charge in [0.05, 0.1) is 11.0 Å². The average Bonchev–Trinajstić information content (AvgIpc) is 2.67. The molecule has 0 aliphatic rings. The molecule has 0 saturated heterocycles. The summed E-state index contributed by atoms with van der Waals surface area (Å²) in [6.07, 6.45) is 2.39. The Bertz CT molecular complexity index is 892. The lowest BCUT2D eigenvalue weighted by Crippen LogP contribution is -2.23. The lowest BCUT2D eigenvalue weighted by atomic mass is 10.2. The van der Waals surface area contributed by atoms with Gasteiger partial charge in [0.1, 0.15) is 5.75 Å². The van der Waals surface area contributed by atoms with Crippen LogP contribution in [0.4, 0.5) is 5.69 Å². The number of anilines is 1. The molecule has 7 heteroatoms. The minimum Gasteiger partial charge on any atom is -0.491 e. The molecule has 27 heavy (non-hydrogen) atoms. The molecule has 2 aromatic carbocycles. The van der Waals surface area contributed by atoms with Crippen LogP contribution < -0.4 is 14.8 Å². The van der Waals surface area contributed by atoms with E-state index in [4.69, 9.17) is 4.74 Å². The van der Waals surface area contributed by atoms with Gasteiger partial charge in [-0.2, -0.15) is 0 Å². The zero-order valence-electron chi connectivity index (χ0n) is 15.4. The van der Waals surface area contributed by atoms with Gasteiger partial charge in [0, 0.05) is 17.8 Å². The van der Waals surface area contributed by atoms with Crippen LogP contribution >= 0.6 is 0 Å². The first kappa shape index (κ1) is 20.7. The zero-order valence-corrected chi connectivity index (χ0v) is 16.3. The minimum absolute atomic E-state index is 0.0625. The quantitative estimate of drug-likeness (QED) is 0.643. The summed E-state index contributed by atoms with van der Waals surface area (Å²) in [6.45, 7) is 7.62. The Hall–Kier alpha value is -2.64. The van der Waals surface area contributed by atoms with Gasteiger partial charge in [-0.25, -0.2) is 13.1 Å². The van der Waals surface area contributed by atoms with Crippen LogP contribution in [0.1, 0.15) is 30.6 Å². The fraction of sp³-hybridized carbons (Fsp3) is 0.250. The third-order valence-corrected chi connectivity index (χ3v) is 5.29. The van der Waals surface area contributed by atoms with Crippen molar-refractivity contribution >= 4 is 21.6 Å². The lowest BCUT2D eigenvalue weighted by Gasteiger charge is -2.13. The Balaban J connectivity index is 2.08. The van der Waals surface area contributed by atoms with Crippen LogP contribution in [-0.4, -0.2) is 27.0 Å². The number of benzene rings is 2. The number of rotatable bonds is 9. The second kappa shape index (κ2) is 9.34. The molecule has 1 unspecified atom stereocenters. The van der Waals surface area contributed by atoms with E-state index in [0.29, 0.717) is 17.0 Å². The van der Waals surface area contributed by atoms with Crippen molar-refractivity contribution in [1.82, 2.24) is 4.72 Å². The van der Waals surface area contributed by atoms with Gasteiger partial charge in [0.2, 0.25) is 10.0 Å². The molecule has 0 bridgehead atoms. The van der Waals surface area contributed by atoms with E-state index in [0.717, 1.165) is 6.42 Å². The third kappa shape index (κ3) is 5.94. The van der Waals surface area contributed by atoms with E-state index >= 15 is 0 Å². The van der Waals surface area contributed by atoms with Crippen LogP contribution in [0.2, 0.25) is 0 Å². The van der Waals surface area contributed by atoms with E-state index in [9.17, 15) is 13.2 Å². The Labute approximate surface area is 160 Å². The van der Waals surface area contributed by atoms with Crippen molar-refractivity contribution < 1.29 is 17.9 Å². The summed E-state index contributed by atoms with van der Waals surface area (Å²) < 4.78 is 32.2. The van der Waals surface area contributed by atoms with Crippen molar-refractivity contribution in [2.24, 2.45) is 0 Å². The SMILES string of the molecule is C=CCNS(=O)(=O)c1ccc(NC(=O)c2cccc(OC(C)CC)c2)cc1. The highest BCUT2D eigenvalue weighted by Crippen LogP contribution is 2.18. The smallest absolute Gasteiger partial charge is 0.255 e. The zero-order chi connectivity index (χ0) is 19.9. The molecule has 1 atom stereocenters. The summed E-state index contributed by atoms with van der Waals surface area (Å²) in [5.41, 5.74) is 0.955. The summed E-state index contributed by atoms with van der Waals surface area (Å²) in [5.74, 6) is 0.330. The molecule has 6 nitrogen and oxygen atoms in total. The largest absolute Gasteiger partial charge is 0.491 e. The van der Waals surface area contributed by atoms with Gasteiger partial charge in [-0.05, 0) is 55.8 Å². The van der Waals surface area contributed by atoms with E-state index in [1.165, 1.54) is 18.2 Å². The molecule has 0 aliphatic heterocycles. The van der Waals surface area contributed by atoms with Gasteiger partial charge >= 0.3 is 0 Å². The van der Waals surface area contributed by atoms with Crippen LogP contribution in [0.25, 0.3) is 0 Å². The van der Waals surface area contributed by atoms with E-state index in [-0.39, 0.29) is 23.5 Å². The minimum atomic E-state index is -3.59. The van der Waals surface area contributed by atoms with Crippen molar-refractivity contribution in [3.05, 3.63) is 66.7 Å². The maximum Gasteiger partial charge on any atom is 0.255 e. The lowest BCUT2D eigenvalue weighted by molar-refractivity contribution is 0.102. The summed E-state index contributed by atoms with van der Waals surface area (Å²) in [5, 5.41) is 2.75. The highest BCUT2D eigenvalue weighted by Gasteiger charge is 2.13. The Morgan fingerprint density at radius 1 is 1.22 bits per heavy atom. The van der Waals surface area contributed by atoms with Gasteiger partial charge in [-0.15, -0.1) is 6.58 Å². The number of nitrogens with one attached hydrogen (secondary N) is 2. The topological polar surface area (TPSA) is 84.5 Å². The summed E-state index contributed by atoms with van der Waals surface area (Å²) in [4.78, 5) is 12.6. The monoisotopic (exact) mass is 388 g/mol. The van der Waals surface area contributed by atoms with Crippen molar-refractivity contribution in [3.63, 3.8) is 0 Å². The summed E-state index contributed by atoms with van der Waals surface area (Å²) in [6, 6.07) is 12.9. The number of sulfonamides is 1. The highest BCUT2D eigenvalue weighted by molar-refractivity contribution is 7.89. The Kier molecular flexibility index (Phi) is 7.15. The van der Waals surface area contributed by atoms with Crippen LogP contribution in [0.5, 0.6) is 5.75 Å². The molecular weight excluding hydrogens is 364 g/mol. The van der Waals surface area contributed by atoms with Gasteiger partial charge in [0.15, 0.2) is 0 Å².